The molecule has 11 heteroatoms. The predicted molar refractivity (Wildman–Crippen MR) is 101 cm³/mol. The van der Waals surface area contributed by atoms with E-state index >= 15 is 0 Å². The summed E-state index contributed by atoms with van der Waals surface area (Å²) in [5.41, 5.74) is 0.254. The van der Waals surface area contributed by atoms with Gasteiger partial charge in [-0.05, 0) is 51.3 Å². The molecule has 145 valence electrons. The summed E-state index contributed by atoms with van der Waals surface area (Å²) < 4.78 is 31.4. The van der Waals surface area contributed by atoms with Crippen LogP contribution in [0, 0.1) is 0 Å². The van der Waals surface area contributed by atoms with Gasteiger partial charge < -0.3 is 15.2 Å². The van der Waals surface area contributed by atoms with Gasteiger partial charge in [-0.1, -0.05) is 6.07 Å². The van der Waals surface area contributed by atoms with Gasteiger partial charge in [0.05, 0.1) is 5.69 Å². The number of carbonyl (C=O) groups excluding carboxylic acids is 2. The summed E-state index contributed by atoms with van der Waals surface area (Å²) in [6.45, 7) is 5.37. The van der Waals surface area contributed by atoms with Crippen molar-refractivity contribution in [3.8, 4) is 5.75 Å². The molecule has 1 aromatic rings. The second-order valence-electron chi connectivity index (χ2n) is 6.89. The van der Waals surface area contributed by atoms with Crippen molar-refractivity contribution in [2.24, 2.45) is 0 Å². The molecular weight excluding hydrogens is 401 g/mol. The number of rotatable bonds is 5. The fourth-order valence-corrected chi connectivity index (χ4v) is 3.56. The van der Waals surface area contributed by atoms with E-state index in [-0.39, 0.29) is 69.4 Å². The largest absolute Gasteiger partial charge is 0.506 e. The predicted octanol–water partition coefficient (Wildman–Crippen LogP) is 0.650. The summed E-state index contributed by atoms with van der Waals surface area (Å²) in [5, 5.41) is 12.7. The first-order chi connectivity index (χ1) is 12.0. The number of aryl methyl sites for hydroxylation is 1. The zero-order chi connectivity index (χ0) is 19.5. The molecule has 0 spiro atoms. The SMILES string of the molecule is CC(C)(C)OC(=O)NCCCc1ccc(N2CC(=O)NS2(=O)=O)c(O)c1.[K]. The third kappa shape index (κ3) is 7.24. The third-order valence-corrected chi connectivity index (χ3v) is 4.83. The number of hydrogen-bond donors (Lipinski definition) is 3. The van der Waals surface area contributed by atoms with Crippen molar-refractivity contribution in [2.75, 3.05) is 17.4 Å². The number of nitrogens with one attached hydrogen (secondary N) is 2. The minimum absolute atomic E-state index is 0. The van der Waals surface area contributed by atoms with Crippen molar-refractivity contribution < 1.29 is 27.9 Å². The maximum absolute atomic E-state index is 11.8. The average Bonchev–Trinajstić information content (AvgIpc) is 2.74. The van der Waals surface area contributed by atoms with Crippen LogP contribution in [0.5, 0.6) is 5.75 Å². The van der Waals surface area contributed by atoms with Gasteiger partial charge in [0.15, 0.2) is 0 Å². The van der Waals surface area contributed by atoms with E-state index in [2.05, 4.69) is 5.32 Å². The number of alkyl carbamates (subject to hydrolysis) is 1. The van der Waals surface area contributed by atoms with E-state index < -0.39 is 27.8 Å². The number of nitrogens with zero attached hydrogens (tertiary/aromatic N) is 1. The Morgan fingerprint density at radius 3 is 2.56 bits per heavy atom. The molecule has 0 aliphatic carbocycles. The molecule has 2 rings (SSSR count). The third-order valence-electron chi connectivity index (χ3n) is 3.44. The van der Waals surface area contributed by atoms with Crippen LogP contribution in [0.3, 0.4) is 0 Å². The van der Waals surface area contributed by atoms with Crippen molar-refractivity contribution >= 4 is 79.3 Å². The Kier molecular flexibility index (Phi) is 8.57. The Morgan fingerprint density at radius 2 is 2.04 bits per heavy atom. The first kappa shape index (κ1) is 24.2. The van der Waals surface area contributed by atoms with Gasteiger partial charge >= 0.3 is 16.3 Å². The Hall–Kier alpha value is -0.854. The number of phenols is 1. The number of carbonyl (C=O) groups is 2. The van der Waals surface area contributed by atoms with Crippen LogP contribution in [-0.2, 0) is 26.2 Å². The van der Waals surface area contributed by atoms with Gasteiger partial charge in [0, 0.05) is 57.9 Å². The van der Waals surface area contributed by atoms with Crippen LogP contribution >= 0.6 is 0 Å². The number of aromatic hydroxyl groups is 1. The maximum Gasteiger partial charge on any atom is 0.407 e. The number of ether oxygens (including phenoxy) is 1. The number of anilines is 1. The molecule has 1 radical (unpaired) electrons. The summed E-state index contributed by atoms with van der Waals surface area (Å²) >= 11 is 0. The van der Waals surface area contributed by atoms with Gasteiger partial charge in [0.2, 0.25) is 0 Å². The van der Waals surface area contributed by atoms with Gasteiger partial charge in [-0.15, -0.1) is 0 Å². The van der Waals surface area contributed by atoms with Crippen LogP contribution in [-0.4, -0.2) is 95.6 Å². The van der Waals surface area contributed by atoms with E-state index in [1.807, 2.05) is 4.72 Å². The molecular formula is C16H23KN3O6S. The smallest absolute Gasteiger partial charge is 0.407 e. The quantitative estimate of drug-likeness (QED) is 0.471. The zero-order valence-corrected chi connectivity index (χ0v) is 19.8. The van der Waals surface area contributed by atoms with Gasteiger partial charge in [-0.25, -0.2) is 13.8 Å². The normalized spacial score (nSPS) is 15.7. The first-order valence-electron chi connectivity index (χ1n) is 8.10. The Labute approximate surface area is 201 Å². The molecule has 27 heavy (non-hydrogen) atoms. The summed E-state index contributed by atoms with van der Waals surface area (Å²) in [7, 11) is -3.96. The molecule has 0 saturated carbocycles. The maximum atomic E-state index is 11.8. The molecule has 1 aliphatic heterocycles. The molecule has 0 aromatic heterocycles. The minimum Gasteiger partial charge on any atom is -0.506 e. The van der Waals surface area contributed by atoms with E-state index in [1.54, 1.807) is 26.8 Å². The number of phenolic OH excluding ortho intramolecular Hbond substituents is 1. The second kappa shape index (κ2) is 9.57. The topological polar surface area (TPSA) is 125 Å². The van der Waals surface area contributed by atoms with Crippen LogP contribution in [0.4, 0.5) is 10.5 Å². The van der Waals surface area contributed by atoms with E-state index in [1.165, 1.54) is 12.1 Å². The summed E-state index contributed by atoms with van der Waals surface area (Å²) in [6, 6.07) is 4.56. The van der Waals surface area contributed by atoms with Crippen molar-refractivity contribution in [3.63, 3.8) is 0 Å². The zero-order valence-electron chi connectivity index (χ0n) is 15.9. The van der Waals surface area contributed by atoms with E-state index in [9.17, 15) is 23.1 Å². The molecule has 1 aliphatic rings. The summed E-state index contributed by atoms with van der Waals surface area (Å²) in [4.78, 5) is 22.8. The second-order valence-corrected chi connectivity index (χ2v) is 8.49. The molecule has 1 saturated heterocycles. The van der Waals surface area contributed by atoms with Crippen LogP contribution in [0.25, 0.3) is 0 Å². The number of amides is 2. The fourth-order valence-electron chi connectivity index (χ4n) is 2.39. The van der Waals surface area contributed by atoms with Gasteiger partial charge in [0.1, 0.15) is 17.9 Å². The van der Waals surface area contributed by atoms with E-state index in [0.717, 1.165) is 9.87 Å². The van der Waals surface area contributed by atoms with E-state index in [0.29, 0.717) is 19.4 Å². The van der Waals surface area contributed by atoms with Crippen molar-refractivity contribution in [1.29, 1.82) is 0 Å². The van der Waals surface area contributed by atoms with Crippen LogP contribution in [0.15, 0.2) is 18.2 Å². The molecule has 3 N–H and O–H groups in total. The summed E-state index contributed by atoms with van der Waals surface area (Å²) in [6.07, 6.45) is 0.681. The van der Waals surface area contributed by atoms with Crippen molar-refractivity contribution in [2.45, 2.75) is 39.2 Å². The standard InChI is InChI=1S/C16H23N3O6S.K/c1-16(2,3)25-15(22)17-8-4-5-11-6-7-12(13(20)9-11)19-10-14(21)18-26(19,23)24;/h6-7,9,20H,4-5,8,10H2,1-3H3,(H,17,22)(H,18,21);. The van der Waals surface area contributed by atoms with Gasteiger partial charge in [-0.2, -0.15) is 8.42 Å². The number of benzene rings is 1. The van der Waals surface area contributed by atoms with Crippen LogP contribution < -0.4 is 14.3 Å². The summed E-state index contributed by atoms with van der Waals surface area (Å²) in [5.74, 6) is -0.885. The van der Waals surface area contributed by atoms with Crippen molar-refractivity contribution in [3.05, 3.63) is 23.8 Å². The monoisotopic (exact) mass is 424 g/mol. The van der Waals surface area contributed by atoms with Gasteiger partial charge in [0.25, 0.3) is 5.91 Å². The molecule has 0 unspecified atom stereocenters. The molecule has 9 nitrogen and oxygen atoms in total. The molecule has 1 aromatic carbocycles. The minimum atomic E-state index is -3.96. The molecule has 0 atom stereocenters. The van der Waals surface area contributed by atoms with Crippen LogP contribution in [0.1, 0.15) is 32.8 Å². The van der Waals surface area contributed by atoms with Crippen LogP contribution in [0.2, 0.25) is 0 Å². The average molecular weight is 425 g/mol. The Morgan fingerprint density at radius 1 is 1.37 bits per heavy atom. The fraction of sp³-hybridized carbons (Fsp3) is 0.500. The van der Waals surface area contributed by atoms with Crippen molar-refractivity contribution in [1.82, 2.24) is 10.0 Å². The number of hydrogen-bond acceptors (Lipinski definition) is 6. The Balaban J connectivity index is 0.00000364. The molecule has 1 fully saturated rings. The Bertz CT molecular complexity index is 807. The van der Waals surface area contributed by atoms with E-state index in [4.69, 9.17) is 4.74 Å². The molecule has 1 heterocycles. The van der Waals surface area contributed by atoms with Gasteiger partial charge in [-0.3, -0.25) is 4.79 Å². The molecule has 2 amide bonds. The molecule has 0 bridgehead atoms. The first-order valence-corrected chi connectivity index (χ1v) is 9.54.